The molecular formula is C12H24N2O2. The molecule has 1 rings (SSSR count). The summed E-state index contributed by atoms with van der Waals surface area (Å²) in [6.45, 7) is 3.39. The fourth-order valence-corrected chi connectivity index (χ4v) is 2.31. The molecular weight excluding hydrogens is 204 g/mol. The topological polar surface area (TPSA) is 64.3 Å². The van der Waals surface area contributed by atoms with Gasteiger partial charge in [-0.15, -0.1) is 0 Å². The lowest BCUT2D eigenvalue weighted by molar-refractivity contribution is -0.129. The normalized spacial score (nSPS) is 25.4. The Morgan fingerprint density at radius 1 is 1.44 bits per heavy atom. The monoisotopic (exact) mass is 228 g/mol. The molecule has 0 aromatic heterocycles. The zero-order valence-corrected chi connectivity index (χ0v) is 10.2. The third kappa shape index (κ3) is 4.49. The molecule has 0 radical (unpaired) electrons. The summed E-state index contributed by atoms with van der Waals surface area (Å²) >= 11 is 0. The first-order valence-electron chi connectivity index (χ1n) is 6.36. The first-order chi connectivity index (χ1) is 7.77. The fraction of sp³-hybridized carbons (Fsp3) is 0.917. The van der Waals surface area contributed by atoms with E-state index in [-0.39, 0.29) is 18.6 Å². The van der Waals surface area contributed by atoms with Gasteiger partial charge in [0.2, 0.25) is 5.91 Å². The Labute approximate surface area is 97.9 Å². The maximum Gasteiger partial charge on any atom is 0.246 e. The number of carbonyl (C=O) groups excluding carboxylic acids is 1. The minimum Gasteiger partial charge on any atom is -0.368 e. The maximum atomic E-state index is 11.3. The molecule has 0 saturated heterocycles. The average Bonchev–Trinajstić information content (AvgIpc) is 2.34. The number of amides is 1. The third-order valence-corrected chi connectivity index (χ3v) is 3.26. The largest absolute Gasteiger partial charge is 0.368 e. The molecule has 0 bridgehead atoms. The van der Waals surface area contributed by atoms with E-state index in [0.717, 1.165) is 12.8 Å². The van der Waals surface area contributed by atoms with Crippen LogP contribution in [0.4, 0.5) is 0 Å². The summed E-state index contributed by atoms with van der Waals surface area (Å²) in [5, 5.41) is 2.72. The van der Waals surface area contributed by atoms with Crippen molar-refractivity contribution in [3.8, 4) is 0 Å². The Morgan fingerprint density at radius 3 is 2.88 bits per heavy atom. The second kappa shape index (κ2) is 7.63. The van der Waals surface area contributed by atoms with Gasteiger partial charge in [-0.25, -0.2) is 0 Å². The molecule has 0 aromatic rings. The van der Waals surface area contributed by atoms with E-state index in [4.69, 9.17) is 10.5 Å². The summed E-state index contributed by atoms with van der Waals surface area (Å²) in [4.78, 5) is 11.3. The van der Waals surface area contributed by atoms with Crippen LogP contribution in [0.25, 0.3) is 0 Å². The van der Waals surface area contributed by atoms with Gasteiger partial charge in [0.25, 0.3) is 0 Å². The lowest BCUT2D eigenvalue weighted by Gasteiger charge is -2.30. The zero-order valence-electron chi connectivity index (χ0n) is 10.2. The Morgan fingerprint density at radius 2 is 2.19 bits per heavy atom. The smallest absolute Gasteiger partial charge is 0.246 e. The number of hydrogen-bond donors (Lipinski definition) is 2. The van der Waals surface area contributed by atoms with E-state index in [2.05, 4.69) is 12.2 Å². The van der Waals surface area contributed by atoms with E-state index in [9.17, 15) is 4.79 Å². The molecule has 1 saturated carbocycles. The van der Waals surface area contributed by atoms with Gasteiger partial charge in [-0.2, -0.15) is 0 Å². The number of nitrogens with one attached hydrogen (secondary N) is 1. The van der Waals surface area contributed by atoms with Gasteiger partial charge in [-0.3, -0.25) is 4.79 Å². The highest BCUT2D eigenvalue weighted by molar-refractivity contribution is 5.77. The number of rotatable bonds is 6. The van der Waals surface area contributed by atoms with Crippen molar-refractivity contribution >= 4 is 5.91 Å². The molecule has 1 aliphatic rings. The van der Waals surface area contributed by atoms with Crippen molar-refractivity contribution in [1.29, 1.82) is 0 Å². The molecule has 16 heavy (non-hydrogen) atoms. The fourth-order valence-electron chi connectivity index (χ4n) is 2.31. The van der Waals surface area contributed by atoms with Gasteiger partial charge >= 0.3 is 0 Å². The number of carbonyl (C=O) groups is 1. The van der Waals surface area contributed by atoms with Crippen LogP contribution in [-0.2, 0) is 9.53 Å². The van der Waals surface area contributed by atoms with Crippen LogP contribution in [0.1, 0.15) is 39.0 Å². The summed E-state index contributed by atoms with van der Waals surface area (Å²) in [6, 6.07) is 0. The SMILES string of the molecule is CCC1CCCCC1OCC(=O)NCCN. The molecule has 0 spiro atoms. The Bertz CT molecular complexity index is 209. The van der Waals surface area contributed by atoms with Crippen molar-refractivity contribution in [2.75, 3.05) is 19.7 Å². The third-order valence-electron chi connectivity index (χ3n) is 3.26. The molecule has 4 nitrogen and oxygen atoms in total. The van der Waals surface area contributed by atoms with Crippen molar-refractivity contribution in [2.45, 2.75) is 45.1 Å². The molecule has 0 aliphatic heterocycles. The van der Waals surface area contributed by atoms with Crippen molar-refractivity contribution < 1.29 is 9.53 Å². The van der Waals surface area contributed by atoms with E-state index in [1.165, 1.54) is 19.3 Å². The van der Waals surface area contributed by atoms with E-state index >= 15 is 0 Å². The molecule has 0 heterocycles. The summed E-state index contributed by atoms with van der Waals surface area (Å²) in [5.74, 6) is 0.585. The van der Waals surface area contributed by atoms with E-state index in [0.29, 0.717) is 19.0 Å². The molecule has 3 N–H and O–H groups in total. The number of hydrogen-bond acceptors (Lipinski definition) is 3. The second-order valence-electron chi connectivity index (χ2n) is 4.44. The van der Waals surface area contributed by atoms with Gasteiger partial charge < -0.3 is 15.8 Å². The quantitative estimate of drug-likeness (QED) is 0.714. The molecule has 2 unspecified atom stereocenters. The summed E-state index contributed by atoms with van der Waals surface area (Å²) in [5.41, 5.74) is 5.30. The standard InChI is InChI=1S/C12H24N2O2/c1-2-10-5-3-4-6-11(10)16-9-12(15)14-8-7-13/h10-11H,2-9,13H2,1H3,(H,14,15). The minimum absolute atomic E-state index is 0.0501. The zero-order chi connectivity index (χ0) is 11.8. The predicted molar refractivity (Wildman–Crippen MR) is 64.1 cm³/mol. The van der Waals surface area contributed by atoms with Crippen LogP contribution in [-0.4, -0.2) is 31.7 Å². The van der Waals surface area contributed by atoms with Gasteiger partial charge in [0.05, 0.1) is 6.10 Å². The molecule has 0 aromatic carbocycles. The van der Waals surface area contributed by atoms with Crippen LogP contribution in [0.3, 0.4) is 0 Å². The van der Waals surface area contributed by atoms with Crippen molar-refractivity contribution in [3.63, 3.8) is 0 Å². The highest BCUT2D eigenvalue weighted by atomic mass is 16.5. The molecule has 1 amide bonds. The van der Waals surface area contributed by atoms with Gasteiger partial charge in [-0.05, 0) is 18.8 Å². The second-order valence-corrected chi connectivity index (χ2v) is 4.44. The number of ether oxygens (including phenoxy) is 1. The minimum atomic E-state index is -0.0501. The summed E-state index contributed by atoms with van der Waals surface area (Å²) in [6.07, 6.45) is 6.30. The van der Waals surface area contributed by atoms with E-state index < -0.39 is 0 Å². The van der Waals surface area contributed by atoms with Crippen molar-refractivity contribution in [2.24, 2.45) is 11.7 Å². The Balaban J connectivity index is 2.21. The van der Waals surface area contributed by atoms with Crippen LogP contribution >= 0.6 is 0 Å². The summed E-state index contributed by atoms with van der Waals surface area (Å²) in [7, 11) is 0. The van der Waals surface area contributed by atoms with E-state index in [1.54, 1.807) is 0 Å². The first kappa shape index (κ1) is 13.5. The average molecular weight is 228 g/mol. The number of nitrogens with two attached hydrogens (primary N) is 1. The van der Waals surface area contributed by atoms with Crippen molar-refractivity contribution in [3.05, 3.63) is 0 Å². The maximum absolute atomic E-state index is 11.3. The highest BCUT2D eigenvalue weighted by Crippen LogP contribution is 2.28. The summed E-state index contributed by atoms with van der Waals surface area (Å²) < 4.78 is 5.69. The van der Waals surface area contributed by atoms with Crippen LogP contribution < -0.4 is 11.1 Å². The molecule has 2 atom stereocenters. The van der Waals surface area contributed by atoms with Gasteiger partial charge in [0.1, 0.15) is 6.61 Å². The Hall–Kier alpha value is -0.610. The van der Waals surface area contributed by atoms with E-state index in [1.807, 2.05) is 0 Å². The first-order valence-corrected chi connectivity index (χ1v) is 6.36. The van der Waals surface area contributed by atoms with Crippen LogP contribution in [0.5, 0.6) is 0 Å². The van der Waals surface area contributed by atoms with Gasteiger partial charge in [0.15, 0.2) is 0 Å². The van der Waals surface area contributed by atoms with Crippen LogP contribution in [0, 0.1) is 5.92 Å². The predicted octanol–water partition coefficient (Wildman–Crippen LogP) is 1.05. The lowest BCUT2D eigenvalue weighted by Crippen LogP contribution is -2.35. The van der Waals surface area contributed by atoms with Gasteiger partial charge in [-0.1, -0.05) is 26.2 Å². The molecule has 94 valence electrons. The molecule has 4 heteroatoms. The van der Waals surface area contributed by atoms with Crippen LogP contribution in [0.2, 0.25) is 0 Å². The van der Waals surface area contributed by atoms with Crippen molar-refractivity contribution in [1.82, 2.24) is 5.32 Å². The Kier molecular flexibility index (Phi) is 6.42. The highest BCUT2D eigenvalue weighted by Gasteiger charge is 2.24. The molecule has 1 aliphatic carbocycles. The molecule has 1 fully saturated rings. The van der Waals surface area contributed by atoms with Gasteiger partial charge in [0, 0.05) is 13.1 Å². The lowest BCUT2D eigenvalue weighted by atomic mass is 9.85. The van der Waals surface area contributed by atoms with Crippen LogP contribution in [0.15, 0.2) is 0 Å².